The van der Waals surface area contributed by atoms with E-state index >= 15 is 0 Å². The quantitative estimate of drug-likeness (QED) is 0.221. The Morgan fingerprint density at radius 2 is 1.83 bits per heavy atom. The molecule has 0 aliphatic carbocycles. The monoisotopic (exact) mass is 452 g/mol. The van der Waals surface area contributed by atoms with Crippen LogP contribution in [0.1, 0.15) is 46.1 Å². The molecule has 6 nitrogen and oxygen atoms in total. The molecule has 1 atom stereocenters. The summed E-state index contributed by atoms with van der Waals surface area (Å²) in [4.78, 5) is 4.46. The number of furan rings is 1. The molecule has 0 aromatic carbocycles. The molecule has 4 N–H and O–H groups in total. The Kier molecular flexibility index (Phi) is 9.91. The number of aryl methyl sites for hydroxylation is 1. The average molecular weight is 452 g/mol. The van der Waals surface area contributed by atoms with Gasteiger partial charge in [-0.2, -0.15) is 0 Å². The van der Waals surface area contributed by atoms with Crippen LogP contribution >= 0.6 is 24.0 Å². The number of hydrogen-bond donors (Lipinski definition) is 4. The Morgan fingerprint density at radius 3 is 2.33 bits per heavy atom. The molecule has 1 aromatic heterocycles. The van der Waals surface area contributed by atoms with Crippen LogP contribution in [0.2, 0.25) is 0 Å². The molecule has 0 bridgehead atoms. The lowest BCUT2D eigenvalue weighted by molar-refractivity contribution is 0.0428. The smallest absolute Gasteiger partial charge is 0.191 e. The van der Waals surface area contributed by atoms with Crippen LogP contribution in [0.15, 0.2) is 21.5 Å². The Balaban J connectivity index is 0.00000529. The maximum absolute atomic E-state index is 10.5. The van der Waals surface area contributed by atoms with Gasteiger partial charge in [-0.05, 0) is 53.7 Å². The van der Waals surface area contributed by atoms with Gasteiger partial charge in [-0.1, -0.05) is 0 Å². The van der Waals surface area contributed by atoms with Crippen molar-refractivity contribution < 1.29 is 9.52 Å². The highest BCUT2D eigenvalue weighted by molar-refractivity contribution is 14.0. The molecule has 0 radical (unpaired) electrons. The summed E-state index contributed by atoms with van der Waals surface area (Å²) in [6.45, 7) is 14.6. The minimum atomic E-state index is -1.12. The topological polar surface area (TPSA) is 81.8 Å². The van der Waals surface area contributed by atoms with E-state index < -0.39 is 5.60 Å². The van der Waals surface area contributed by atoms with Crippen molar-refractivity contribution in [1.29, 1.82) is 0 Å². The molecule has 7 heteroatoms. The van der Waals surface area contributed by atoms with E-state index in [1.807, 2.05) is 19.9 Å². The predicted octanol–water partition coefficient (Wildman–Crippen LogP) is 2.36. The second kappa shape index (κ2) is 10.2. The summed E-state index contributed by atoms with van der Waals surface area (Å²) in [7, 11) is 0. The first kappa shape index (κ1) is 23.2. The Hall–Kier alpha value is -0.800. The largest absolute Gasteiger partial charge is 0.463 e. The third kappa shape index (κ3) is 8.89. The first-order valence-corrected chi connectivity index (χ1v) is 8.20. The van der Waals surface area contributed by atoms with E-state index in [2.05, 4.69) is 41.7 Å². The number of nitrogens with zero attached hydrogens (tertiary/aromatic N) is 1. The first-order chi connectivity index (χ1) is 10.6. The maximum Gasteiger partial charge on any atom is 0.191 e. The van der Waals surface area contributed by atoms with Crippen molar-refractivity contribution >= 4 is 29.9 Å². The summed E-state index contributed by atoms with van der Waals surface area (Å²) in [6.07, 6.45) is 0. The van der Waals surface area contributed by atoms with Gasteiger partial charge in [0.15, 0.2) is 5.96 Å². The van der Waals surface area contributed by atoms with Crippen LogP contribution in [0.25, 0.3) is 0 Å². The van der Waals surface area contributed by atoms with E-state index in [4.69, 9.17) is 4.42 Å². The van der Waals surface area contributed by atoms with E-state index in [1.54, 1.807) is 13.0 Å². The van der Waals surface area contributed by atoms with E-state index in [0.29, 0.717) is 11.7 Å². The van der Waals surface area contributed by atoms with E-state index in [0.717, 1.165) is 25.4 Å². The number of aliphatic imine (C=N–C) groups is 1. The van der Waals surface area contributed by atoms with Crippen LogP contribution < -0.4 is 16.0 Å². The van der Waals surface area contributed by atoms with Crippen LogP contribution in [0.3, 0.4) is 0 Å². The Labute approximate surface area is 162 Å². The van der Waals surface area contributed by atoms with Crippen LogP contribution in [0.5, 0.6) is 0 Å². The molecule has 0 saturated carbocycles. The number of hydrogen-bond acceptors (Lipinski definition) is 4. The van der Waals surface area contributed by atoms with Crippen molar-refractivity contribution in [2.75, 3.05) is 26.2 Å². The number of halogens is 1. The standard InChI is InChI=1S/C17H32N4O2.HI/c1-7-18-15(19-10-11-21-16(3,4)5)20-12-17(6,22)14-9-8-13(2)23-14;/h8-9,21-22H,7,10-12H2,1-6H3,(H2,18,19,20);1H. The van der Waals surface area contributed by atoms with Crippen molar-refractivity contribution in [2.45, 2.75) is 52.7 Å². The van der Waals surface area contributed by atoms with Crippen LogP contribution in [-0.2, 0) is 5.60 Å². The lowest BCUT2D eigenvalue weighted by atomic mass is 10.0. The zero-order valence-corrected chi connectivity index (χ0v) is 18.0. The van der Waals surface area contributed by atoms with E-state index in [-0.39, 0.29) is 36.1 Å². The van der Waals surface area contributed by atoms with Crippen LogP contribution in [0.4, 0.5) is 0 Å². The van der Waals surface area contributed by atoms with Crippen LogP contribution in [-0.4, -0.2) is 42.8 Å². The summed E-state index contributed by atoms with van der Waals surface area (Å²) in [5.74, 6) is 2.00. The van der Waals surface area contributed by atoms with Crippen molar-refractivity contribution in [2.24, 2.45) is 4.99 Å². The lowest BCUT2D eigenvalue weighted by Crippen LogP contribution is -2.45. The molecule has 24 heavy (non-hydrogen) atoms. The number of aliphatic hydroxyl groups is 1. The molecule has 1 heterocycles. The summed E-state index contributed by atoms with van der Waals surface area (Å²) in [5, 5.41) is 20.4. The second-order valence-electron chi connectivity index (χ2n) is 6.98. The van der Waals surface area contributed by atoms with Crippen molar-refractivity contribution in [3.05, 3.63) is 23.7 Å². The van der Waals surface area contributed by atoms with Crippen molar-refractivity contribution in [1.82, 2.24) is 16.0 Å². The molecular weight excluding hydrogens is 419 g/mol. The molecule has 0 spiro atoms. The molecule has 0 saturated heterocycles. The minimum absolute atomic E-state index is 0. The second-order valence-corrected chi connectivity index (χ2v) is 6.98. The summed E-state index contributed by atoms with van der Waals surface area (Å²) >= 11 is 0. The van der Waals surface area contributed by atoms with Gasteiger partial charge in [0.2, 0.25) is 0 Å². The highest BCUT2D eigenvalue weighted by Gasteiger charge is 2.26. The third-order valence-electron chi connectivity index (χ3n) is 3.23. The Morgan fingerprint density at radius 1 is 1.17 bits per heavy atom. The van der Waals surface area contributed by atoms with Gasteiger partial charge in [0.1, 0.15) is 17.1 Å². The molecular formula is C17H33IN4O2. The predicted molar refractivity (Wildman–Crippen MR) is 110 cm³/mol. The highest BCUT2D eigenvalue weighted by Crippen LogP contribution is 2.22. The third-order valence-corrected chi connectivity index (χ3v) is 3.23. The van der Waals surface area contributed by atoms with Crippen molar-refractivity contribution in [3.63, 3.8) is 0 Å². The number of rotatable bonds is 7. The number of guanidine groups is 1. The summed E-state index contributed by atoms with van der Waals surface area (Å²) in [5.41, 5.74) is -1.03. The van der Waals surface area contributed by atoms with Gasteiger partial charge in [0, 0.05) is 25.2 Å². The fourth-order valence-electron chi connectivity index (χ4n) is 2.00. The van der Waals surface area contributed by atoms with Gasteiger partial charge in [0.05, 0.1) is 6.54 Å². The van der Waals surface area contributed by atoms with Gasteiger partial charge in [-0.3, -0.25) is 0 Å². The molecule has 0 fully saturated rings. The van der Waals surface area contributed by atoms with Gasteiger partial charge < -0.3 is 25.5 Å². The lowest BCUT2D eigenvalue weighted by Gasteiger charge is -2.22. The molecule has 1 unspecified atom stereocenters. The van der Waals surface area contributed by atoms with Crippen molar-refractivity contribution in [3.8, 4) is 0 Å². The fourth-order valence-corrected chi connectivity index (χ4v) is 2.00. The number of nitrogens with one attached hydrogen (secondary N) is 3. The maximum atomic E-state index is 10.5. The zero-order valence-electron chi connectivity index (χ0n) is 15.7. The average Bonchev–Trinajstić information content (AvgIpc) is 2.87. The van der Waals surface area contributed by atoms with Crippen LogP contribution in [0, 0.1) is 6.92 Å². The minimum Gasteiger partial charge on any atom is -0.463 e. The first-order valence-electron chi connectivity index (χ1n) is 8.20. The van der Waals surface area contributed by atoms with E-state index in [1.165, 1.54) is 0 Å². The molecule has 0 aliphatic rings. The summed E-state index contributed by atoms with van der Waals surface area (Å²) in [6, 6.07) is 3.63. The van der Waals surface area contributed by atoms with Gasteiger partial charge >= 0.3 is 0 Å². The highest BCUT2D eigenvalue weighted by atomic mass is 127. The van der Waals surface area contributed by atoms with Gasteiger partial charge in [0.25, 0.3) is 0 Å². The van der Waals surface area contributed by atoms with E-state index in [9.17, 15) is 5.11 Å². The molecule has 1 rings (SSSR count). The Bertz CT molecular complexity index is 507. The normalized spacial score (nSPS) is 14.7. The summed E-state index contributed by atoms with van der Waals surface area (Å²) < 4.78 is 5.51. The van der Waals surface area contributed by atoms with Gasteiger partial charge in [-0.25, -0.2) is 4.99 Å². The zero-order chi connectivity index (χ0) is 17.5. The molecule has 1 aromatic rings. The SMILES string of the molecule is CCNC(=NCC(C)(O)c1ccc(C)o1)NCCNC(C)(C)C.I. The fraction of sp³-hybridized carbons (Fsp3) is 0.706. The van der Waals surface area contributed by atoms with Gasteiger partial charge in [-0.15, -0.1) is 24.0 Å². The molecule has 0 aliphatic heterocycles. The molecule has 0 amide bonds. The molecule has 140 valence electrons.